The third kappa shape index (κ3) is 3.57. The van der Waals surface area contributed by atoms with Crippen LogP contribution in [-0.2, 0) is 14.3 Å². The SMILES string of the molecule is C#Cc1cn(C2OC(CO)C(O)C2(C)OC)c2ncnc(NOCC)c12.CC. The number of ether oxygens (including phenoxy) is 2. The van der Waals surface area contributed by atoms with Gasteiger partial charge in [-0.1, -0.05) is 19.8 Å². The molecule has 0 amide bonds. The van der Waals surface area contributed by atoms with Gasteiger partial charge in [-0.05, 0) is 13.8 Å². The van der Waals surface area contributed by atoms with Gasteiger partial charge < -0.3 is 24.3 Å². The van der Waals surface area contributed by atoms with Gasteiger partial charge in [0.15, 0.2) is 12.0 Å². The van der Waals surface area contributed by atoms with Crippen LogP contribution in [0.1, 0.15) is 39.5 Å². The number of rotatable bonds is 6. The first-order valence-electron chi connectivity index (χ1n) is 9.21. The van der Waals surface area contributed by atoms with Gasteiger partial charge in [0.2, 0.25) is 0 Å². The van der Waals surface area contributed by atoms with Crippen LogP contribution in [0.25, 0.3) is 11.0 Å². The van der Waals surface area contributed by atoms with Gasteiger partial charge >= 0.3 is 0 Å². The molecule has 0 aliphatic carbocycles. The molecule has 3 rings (SSSR count). The topological polar surface area (TPSA) is 111 Å². The maximum absolute atomic E-state index is 10.5. The van der Waals surface area contributed by atoms with Crippen molar-refractivity contribution in [2.75, 3.05) is 25.8 Å². The lowest BCUT2D eigenvalue weighted by Crippen LogP contribution is -2.46. The molecule has 0 aromatic carbocycles. The summed E-state index contributed by atoms with van der Waals surface area (Å²) in [6.07, 6.45) is 6.14. The number of terminal acetylenes is 1. The third-order valence-electron chi connectivity index (χ3n) is 4.68. The van der Waals surface area contributed by atoms with Gasteiger partial charge in [-0.3, -0.25) is 4.84 Å². The number of nitrogens with one attached hydrogen (secondary N) is 1. The first-order valence-corrected chi connectivity index (χ1v) is 9.21. The predicted octanol–water partition coefficient (Wildman–Crippen LogP) is 1.46. The number of hydrogen-bond acceptors (Lipinski definition) is 8. The molecule has 28 heavy (non-hydrogen) atoms. The lowest BCUT2D eigenvalue weighted by molar-refractivity contribution is -0.118. The number of anilines is 1. The first kappa shape index (κ1) is 22.1. The highest BCUT2D eigenvalue weighted by Gasteiger charge is 2.54. The molecule has 154 valence electrons. The number of methoxy groups -OCH3 is 1. The van der Waals surface area contributed by atoms with Crippen LogP contribution in [0.3, 0.4) is 0 Å². The minimum atomic E-state index is -1.11. The average molecular weight is 392 g/mol. The van der Waals surface area contributed by atoms with E-state index in [1.807, 2.05) is 20.8 Å². The molecular formula is C19H28N4O5. The van der Waals surface area contributed by atoms with E-state index in [1.54, 1.807) is 17.7 Å². The fourth-order valence-electron chi connectivity index (χ4n) is 3.19. The quantitative estimate of drug-likeness (QED) is 0.501. The molecule has 1 saturated heterocycles. The molecule has 1 aliphatic rings. The lowest BCUT2D eigenvalue weighted by Gasteiger charge is -2.31. The Balaban J connectivity index is 0.00000136. The molecule has 1 fully saturated rings. The maximum atomic E-state index is 10.5. The number of aliphatic hydroxyl groups is 2. The normalized spacial score (nSPS) is 26.6. The Bertz CT molecular complexity index is 834. The number of fused-ring (bicyclic) bond motifs is 1. The van der Waals surface area contributed by atoms with Crippen molar-refractivity contribution >= 4 is 16.9 Å². The van der Waals surface area contributed by atoms with Crippen LogP contribution in [0.5, 0.6) is 0 Å². The van der Waals surface area contributed by atoms with Crippen LogP contribution in [0.4, 0.5) is 5.82 Å². The summed E-state index contributed by atoms with van der Waals surface area (Å²) in [5, 5.41) is 20.6. The molecular weight excluding hydrogens is 364 g/mol. The molecule has 2 aromatic heterocycles. The molecule has 0 radical (unpaired) electrons. The number of hydrogen-bond donors (Lipinski definition) is 3. The molecule has 0 spiro atoms. The second-order valence-corrected chi connectivity index (χ2v) is 6.09. The van der Waals surface area contributed by atoms with Crippen molar-refractivity contribution in [1.29, 1.82) is 0 Å². The molecule has 1 aliphatic heterocycles. The van der Waals surface area contributed by atoms with Gasteiger partial charge in [-0.2, -0.15) is 0 Å². The minimum Gasteiger partial charge on any atom is -0.394 e. The summed E-state index contributed by atoms with van der Waals surface area (Å²) in [5.74, 6) is 3.04. The van der Waals surface area contributed by atoms with E-state index in [9.17, 15) is 10.2 Å². The Kier molecular flexibility index (Phi) is 7.35. The smallest absolute Gasteiger partial charge is 0.167 e. The van der Waals surface area contributed by atoms with Crippen LogP contribution in [-0.4, -0.2) is 62.9 Å². The van der Waals surface area contributed by atoms with Crippen molar-refractivity contribution in [3.05, 3.63) is 18.1 Å². The molecule has 2 aromatic rings. The Labute approximate surface area is 164 Å². The molecule has 3 N–H and O–H groups in total. The van der Waals surface area contributed by atoms with E-state index >= 15 is 0 Å². The number of aliphatic hydroxyl groups excluding tert-OH is 2. The number of aromatic nitrogens is 3. The Morgan fingerprint density at radius 1 is 1.43 bits per heavy atom. The van der Waals surface area contributed by atoms with Gasteiger partial charge in [0, 0.05) is 13.3 Å². The zero-order valence-electron chi connectivity index (χ0n) is 16.8. The summed E-state index contributed by atoms with van der Waals surface area (Å²) < 4.78 is 13.1. The van der Waals surface area contributed by atoms with Gasteiger partial charge in [0.05, 0.1) is 24.2 Å². The molecule has 0 saturated carbocycles. The molecule has 4 unspecified atom stereocenters. The van der Waals surface area contributed by atoms with Crippen LogP contribution < -0.4 is 5.48 Å². The Morgan fingerprint density at radius 3 is 2.71 bits per heavy atom. The highest BCUT2D eigenvalue weighted by Crippen LogP contribution is 2.43. The summed E-state index contributed by atoms with van der Waals surface area (Å²) in [6, 6.07) is 0. The van der Waals surface area contributed by atoms with Gasteiger partial charge in [-0.15, -0.1) is 6.42 Å². The largest absolute Gasteiger partial charge is 0.394 e. The average Bonchev–Trinajstić information content (AvgIpc) is 3.23. The fourth-order valence-corrected chi connectivity index (χ4v) is 3.19. The van der Waals surface area contributed by atoms with Crippen LogP contribution >= 0.6 is 0 Å². The standard InChI is InChI=1S/C17H22N4O5.C2H6/c1-5-10-7-21(15-12(10)14(18-9-19-15)20-25-6-2)16-17(3,24-4)13(23)11(8-22)26-16;1-2/h1,7,9,11,13,16,22-23H,6,8H2,2-4H3,(H,18,19,20);1-2H3. The van der Waals surface area contributed by atoms with Crippen molar-refractivity contribution in [1.82, 2.24) is 14.5 Å². The predicted molar refractivity (Wildman–Crippen MR) is 104 cm³/mol. The minimum absolute atomic E-state index is 0.343. The van der Waals surface area contributed by atoms with Crippen LogP contribution in [0.15, 0.2) is 12.5 Å². The van der Waals surface area contributed by atoms with Crippen molar-refractivity contribution in [2.45, 2.75) is 51.7 Å². The molecule has 3 heterocycles. The zero-order chi connectivity index (χ0) is 20.9. The lowest BCUT2D eigenvalue weighted by atomic mass is 9.96. The van der Waals surface area contributed by atoms with Gasteiger partial charge in [0.1, 0.15) is 29.8 Å². The van der Waals surface area contributed by atoms with Crippen molar-refractivity contribution < 1.29 is 24.5 Å². The van der Waals surface area contributed by atoms with E-state index in [0.29, 0.717) is 29.0 Å². The van der Waals surface area contributed by atoms with Crippen molar-refractivity contribution in [3.8, 4) is 12.3 Å². The van der Waals surface area contributed by atoms with Gasteiger partial charge in [-0.25, -0.2) is 15.4 Å². The van der Waals surface area contributed by atoms with E-state index in [0.717, 1.165) is 0 Å². The second-order valence-electron chi connectivity index (χ2n) is 6.09. The summed E-state index contributed by atoms with van der Waals surface area (Å²) >= 11 is 0. The highest BCUT2D eigenvalue weighted by atomic mass is 16.6. The van der Waals surface area contributed by atoms with E-state index in [1.165, 1.54) is 13.4 Å². The van der Waals surface area contributed by atoms with E-state index in [-0.39, 0.29) is 6.61 Å². The highest BCUT2D eigenvalue weighted by molar-refractivity contribution is 5.93. The van der Waals surface area contributed by atoms with E-state index in [4.69, 9.17) is 20.7 Å². The monoisotopic (exact) mass is 392 g/mol. The van der Waals surface area contributed by atoms with Crippen LogP contribution in [0.2, 0.25) is 0 Å². The third-order valence-corrected chi connectivity index (χ3v) is 4.68. The molecule has 9 heteroatoms. The summed E-state index contributed by atoms with van der Waals surface area (Å²) in [5.41, 5.74) is 2.68. The van der Waals surface area contributed by atoms with Gasteiger partial charge in [0.25, 0.3) is 0 Å². The van der Waals surface area contributed by atoms with Crippen molar-refractivity contribution in [3.63, 3.8) is 0 Å². The first-order chi connectivity index (χ1) is 13.5. The van der Waals surface area contributed by atoms with Crippen molar-refractivity contribution in [2.24, 2.45) is 0 Å². The van der Waals surface area contributed by atoms with E-state index in [2.05, 4.69) is 21.4 Å². The number of nitrogens with zero attached hydrogens (tertiary/aromatic N) is 3. The molecule has 0 bridgehead atoms. The van der Waals surface area contributed by atoms with Crippen LogP contribution in [0, 0.1) is 12.3 Å². The van der Waals surface area contributed by atoms with E-state index < -0.39 is 24.0 Å². The summed E-state index contributed by atoms with van der Waals surface area (Å²) in [7, 11) is 1.48. The molecule has 9 nitrogen and oxygen atoms in total. The Hall–Kier alpha value is -2.22. The summed E-state index contributed by atoms with van der Waals surface area (Å²) in [4.78, 5) is 13.7. The Morgan fingerprint density at radius 2 is 2.14 bits per heavy atom. The maximum Gasteiger partial charge on any atom is 0.167 e. The second kappa shape index (κ2) is 9.32. The fraction of sp³-hybridized carbons (Fsp3) is 0.579. The summed E-state index contributed by atoms with van der Waals surface area (Å²) in [6.45, 7) is 7.64. The molecule has 4 atom stereocenters. The zero-order valence-corrected chi connectivity index (χ0v) is 16.8.